The highest BCUT2D eigenvalue weighted by molar-refractivity contribution is 5.69. The zero-order valence-electron chi connectivity index (χ0n) is 23.1. The van der Waals surface area contributed by atoms with Crippen molar-refractivity contribution in [3.8, 4) is 0 Å². The molecule has 4 aliphatic carbocycles. The first kappa shape index (κ1) is 28.2. The molecule has 0 bridgehead atoms. The van der Waals surface area contributed by atoms with Gasteiger partial charge in [0.25, 0.3) is 6.47 Å². The molecule has 4 aliphatic rings. The summed E-state index contributed by atoms with van der Waals surface area (Å²) in [5.74, 6) is 1.37. The maximum atomic E-state index is 12.0. The Hall–Kier alpha value is -1.83. The van der Waals surface area contributed by atoms with Crippen LogP contribution in [0.2, 0.25) is 0 Å². The van der Waals surface area contributed by atoms with Gasteiger partial charge in [-0.15, -0.1) is 0 Å². The van der Waals surface area contributed by atoms with E-state index in [1.807, 2.05) is 0 Å². The summed E-state index contributed by atoms with van der Waals surface area (Å²) in [6.07, 6.45) is 5.35. The van der Waals surface area contributed by atoms with E-state index >= 15 is 0 Å². The van der Waals surface area contributed by atoms with E-state index in [9.17, 15) is 19.5 Å². The van der Waals surface area contributed by atoms with Crippen LogP contribution in [0.15, 0.2) is 0 Å². The smallest absolute Gasteiger partial charge is 0.469 e. The van der Waals surface area contributed by atoms with Gasteiger partial charge in [-0.2, -0.15) is 0 Å². The topological polar surface area (TPSA) is 108 Å². The first-order valence-electron chi connectivity index (χ1n) is 14.3. The minimum atomic E-state index is -0.747. The Labute approximate surface area is 221 Å². The SMILES string of the molecule is CCOC(=O)O[C@@H]1CC[C@@]2(C)[C@@H](C1)[C@H](OC=O)[C@@H](O)[C@@H]1[C@@H]2CC[C@]2(C)[C@@H]([C@H](C)CCC(=O)OC)CC[C@@H]12. The third-order valence-corrected chi connectivity index (χ3v) is 11.2. The zero-order valence-corrected chi connectivity index (χ0v) is 23.1. The van der Waals surface area contributed by atoms with Gasteiger partial charge in [0.05, 0.1) is 19.8 Å². The molecule has 0 aliphatic heterocycles. The van der Waals surface area contributed by atoms with E-state index in [0.717, 1.165) is 44.9 Å². The fraction of sp³-hybridized carbons (Fsp3) is 0.897. The van der Waals surface area contributed by atoms with Crippen molar-refractivity contribution in [3.05, 3.63) is 0 Å². The van der Waals surface area contributed by atoms with Crippen LogP contribution in [-0.2, 0) is 28.5 Å². The lowest BCUT2D eigenvalue weighted by atomic mass is 9.43. The van der Waals surface area contributed by atoms with Crippen molar-refractivity contribution in [2.45, 2.75) is 104 Å². The third-order valence-electron chi connectivity index (χ3n) is 11.2. The van der Waals surface area contributed by atoms with Crippen molar-refractivity contribution in [1.82, 2.24) is 0 Å². The minimum Gasteiger partial charge on any atom is -0.469 e. The van der Waals surface area contributed by atoms with Crippen LogP contribution < -0.4 is 0 Å². The number of carbonyl (C=O) groups is 3. The summed E-state index contributed by atoms with van der Waals surface area (Å²) < 4.78 is 21.1. The average Bonchev–Trinajstić information content (AvgIpc) is 3.22. The van der Waals surface area contributed by atoms with Crippen LogP contribution in [0.5, 0.6) is 0 Å². The Kier molecular flexibility index (Phi) is 8.46. The van der Waals surface area contributed by atoms with Crippen molar-refractivity contribution >= 4 is 18.6 Å². The molecule has 4 fully saturated rings. The van der Waals surface area contributed by atoms with Gasteiger partial charge in [-0.3, -0.25) is 9.59 Å². The van der Waals surface area contributed by atoms with Crippen molar-refractivity contribution < 1.29 is 38.4 Å². The van der Waals surface area contributed by atoms with Crippen LogP contribution in [0.1, 0.15) is 85.5 Å². The summed E-state index contributed by atoms with van der Waals surface area (Å²) in [6.45, 7) is 9.42. The maximum Gasteiger partial charge on any atom is 0.508 e. The molecular formula is C29H46O8. The number of methoxy groups -OCH3 is 1. The molecule has 8 heteroatoms. The minimum absolute atomic E-state index is 0.0604. The molecule has 0 aromatic rings. The summed E-state index contributed by atoms with van der Waals surface area (Å²) in [5, 5.41) is 11.8. The molecule has 0 heterocycles. The van der Waals surface area contributed by atoms with E-state index in [1.54, 1.807) is 6.92 Å². The van der Waals surface area contributed by atoms with Gasteiger partial charge in [0.15, 0.2) is 0 Å². The normalized spacial score (nSPS) is 43.4. The number of fused-ring (bicyclic) bond motifs is 5. The summed E-state index contributed by atoms with van der Waals surface area (Å²) in [7, 11) is 1.44. The fourth-order valence-corrected chi connectivity index (χ4v) is 9.45. The van der Waals surface area contributed by atoms with Gasteiger partial charge in [-0.1, -0.05) is 20.8 Å². The molecule has 8 nitrogen and oxygen atoms in total. The van der Waals surface area contributed by atoms with E-state index in [1.165, 1.54) is 7.11 Å². The highest BCUT2D eigenvalue weighted by atomic mass is 16.7. The van der Waals surface area contributed by atoms with E-state index in [0.29, 0.717) is 43.0 Å². The monoisotopic (exact) mass is 522 g/mol. The van der Waals surface area contributed by atoms with Crippen molar-refractivity contribution in [2.24, 2.45) is 46.3 Å². The lowest BCUT2D eigenvalue weighted by Gasteiger charge is -2.64. The van der Waals surface area contributed by atoms with Gasteiger partial charge >= 0.3 is 12.1 Å². The van der Waals surface area contributed by atoms with E-state index in [2.05, 4.69) is 20.8 Å². The molecule has 11 atom stereocenters. The summed E-state index contributed by atoms with van der Waals surface area (Å²) >= 11 is 0. The Morgan fingerprint density at radius 2 is 1.76 bits per heavy atom. The molecule has 0 aromatic carbocycles. The average molecular weight is 523 g/mol. The van der Waals surface area contributed by atoms with Crippen LogP contribution in [0.3, 0.4) is 0 Å². The first-order chi connectivity index (χ1) is 17.6. The third kappa shape index (κ3) is 4.99. The van der Waals surface area contributed by atoms with Gasteiger partial charge < -0.3 is 24.1 Å². The molecule has 0 spiro atoms. The molecule has 0 unspecified atom stereocenters. The summed E-state index contributed by atoms with van der Waals surface area (Å²) in [4.78, 5) is 35.4. The number of ether oxygens (including phenoxy) is 4. The number of hydrogen-bond acceptors (Lipinski definition) is 8. The van der Waals surface area contributed by atoms with E-state index in [-0.39, 0.29) is 41.3 Å². The quantitative estimate of drug-likeness (QED) is 0.272. The largest absolute Gasteiger partial charge is 0.508 e. The van der Waals surface area contributed by atoms with Crippen LogP contribution in [0.4, 0.5) is 4.79 Å². The van der Waals surface area contributed by atoms with Gasteiger partial charge in [0.1, 0.15) is 12.2 Å². The first-order valence-corrected chi connectivity index (χ1v) is 14.3. The molecule has 4 rings (SSSR count). The van der Waals surface area contributed by atoms with Crippen LogP contribution in [0, 0.1) is 46.3 Å². The molecule has 4 saturated carbocycles. The van der Waals surface area contributed by atoms with E-state index < -0.39 is 18.4 Å². The molecule has 210 valence electrons. The van der Waals surface area contributed by atoms with Gasteiger partial charge in [-0.05, 0) is 98.7 Å². The number of hydrogen-bond donors (Lipinski definition) is 1. The van der Waals surface area contributed by atoms with Gasteiger partial charge in [0, 0.05) is 12.3 Å². The number of esters is 1. The summed E-state index contributed by atoms with van der Waals surface area (Å²) in [5.41, 5.74) is -0.0289. The van der Waals surface area contributed by atoms with Crippen molar-refractivity contribution in [1.29, 1.82) is 0 Å². The van der Waals surface area contributed by atoms with Crippen LogP contribution in [0.25, 0.3) is 0 Å². The van der Waals surface area contributed by atoms with Crippen molar-refractivity contribution in [2.75, 3.05) is 13.7 Å². The molecular weight excluding hydrogens is 476 g/mol. The predicted octanol–water partition coefficient (Wildman–Crippen LogP) is 4.90. The number of carbonyl (C=O) groups excluding carboxylic acids is 3. The molecule has 37 heavy (non-hydrogen) atoms. The molecule has 0 saturated heterocycles. The molecule has 0 aromatic heterocycles. The molecule has 1 N–H and O–H groups in total. The number of rotatable bonds is 8. The van der Waals surface area contributed by atoms with Crippen molar-refractivity contribution in [3.63, 3.8) is 0 Å². The highest BCUT2D eigenvalue weighted by Gasteiger charge is 2.66. The van der Waals surface area contributed by atoms with Gasteiger partial charge in [-0.25, -0.2) is 4.79 Å². The Morgan fingerprint density at radius 1 is 1.05 bits per heavy atom. The Balaban J connectivity index is 1.56. The van der Waals surface area contributed by atoms with Crippen LogP contribution in [-0.4, -0.2) is 55.7 Å². The number of aliphatic hydroxyl groups is 1. The fourth-order valence-electron chi connectivity index (χ4n) is 9.45. The highest BCUT2D eigenvalue weighted by Crippen LogP contribution is 2.68. The Morgan fingerprint density at radius 3 is 2.43 bits per heavy atom. The second-order valence-corrected chi connectivity index (χ2v) is 12.6. The molecule has 0 amide bonds. The van der Waals surface area contributed by atoms with E-state index in [4.69, 9.17) is 18.9 Å². The summed E-state index contributed by atoms with van der Waals surface area (Å²) in [6, 6.07) is 0. The lowest BCUT2D eigenvalue weighted by molar-refractivity contribution is -0.229. The lowest BCUT2D eigenvalue weighted by Crippen LogP contribution is -2.64. The second-order valence-electron chi connectivity index (χ2n) is 12.6. The Bertz CT molecular complexity index is 846. The zero-order chi connectivity index (χ0) is 27.0. The molecule has 0 radical (unpaired) electrons. The second kappa shape index (κ2) is 11.1. The van der Waals surface area contributed by atoms with Gasteiger partial charge in [0.2, 0.25) is 0 Å². The predicted molar refractivity (Wildman–Crippen MR) is 135 cm³/mol. The standard InChI is InChI=1S/C29H46O8/c1-6-35-27(33)37-18-11-13-29(4)21-12-14-28(3)19(17(2)7-10-23(31)34-5)8-9-20(28)24(21)25(32)26(36-16-30)22(29)15-18/h16-22,24-26,32H,6-15H2,1-5H3/t17-,18-,19-,20+,21+,22+,24+,25+,26+,28-,29-/m1/s1. The maximum absolute atomic E-state index is 12.0. The van der Waals surface area contributed by atoms with Crippen LogP contribution >= 0.6 is 0 Å². The number of aliphatic hydroxyl groups excluding tert-OH is 1.